The maximum absolute atomic E-state index is 5.75. The van der Waals surface area contributed by atoms with Crippen LogP contribution < -0.4 is 10.5 Å². The molecule has 2 atom stereocenters. The van der Waals surface area contributed by atoms with Crippen molar-refractivity contribution in [2.75, 3.05) is 6.61 Å². The van der Waals surface area contributed by atoms with Crippen LogP contribution in [-0.4, -0.2) is 12.6 Å². The summed E-state index contributed by atoms with van der Waals surface area (Å²) in [4.78, 5) is 0. The molecule has 2 heteroatoms. The lowest BCUT2D eigenvalue weighted by Gasteiger charge is -2.11. The van der Waals surface area contributed by atoms with Gasteiger partial charge in [-0.05, 0) is 37.0 Å². The highest BCUT2D eigenvalue weighted by atomic mass is 16.5. The maximum atomic E-state index is 5.75. The van der Waals surface area contributed by atoms with Gasteiger partial charge in [0.1, 0.15) is 5.75 Å². The number of hydrogen-bond donors (Lipinski definition) is 1. The summed E-state index contributed by atoms with van der Waals surface area (Å²) in [7, 11) is 0. The summed E-state index contributed by atoms with van der Waals surface area (Å²) in [5, 5.41) is 0. The molecule has 1 aromatic rings. The van der Waals surface area contributed by atoms with E-state index in [0.717, 1.165) is 25.2 Å². The van der Waals surface area contributed by atoms with Crippen LogP contribution >= 0.6 is 0 Å². The van der Waals surface area contributed by atoms with Gasteiger partial charge >= 0.3 is 0 Å². The first-order chi connectivity index (χ1) is 7.61. The van der Waals surface area contributed by atoms with Crippen LogP contribution in [0.4, 0.5) is 0 Å². The second-order valence-electron chi connectivity index (χ2n) is 4.65. The van der Waals surface area contributed by atoms with Crippen LogP contribution in [0.3, 0.4) is 0 Å². The minimum atomic E-state index is 0.215. The Balaban J connectivity index is 2.45. The van der Waals surface area contributed by atoms with Gasteiger partial charge in [-0.1, -0.05) is 32.4 Å². The summed E-state index contributed by atoms with van der Waals surface area (Å²) in [6, 6.07) is 8.46. The third-order valence-electron chi connectivity index (χ3n) is 2.71. The number of rotatable bonds is 6. The molecular weight excluding hydrogens is 198 g/mol. The third-order valence-corrected chi connectivity index (χ3v) is 2.71. The molecule has 0 aliphatic rings. The molecule has 0 radical (unpaired) electrons. The van der Waals surface area contributed by atoms with Gasteiger partial charge < -0.3 is 10.5 Å². The van der Waals surface area contributed by atoms with E-state index >= 15 is 0 Å². The van der Waals surface area contributed by atoms with Crippen molar-refractivity contribution in [1.29, 1.82) is 0 Å². The van der Waals surface area contributed by atoms with Crippen molar-refractivity contribution in [3.63, 3.8) is 0 Å². The van der Waals surface area contributed by atoms with Crippen LogP contribution in [0.1, 0.15) is 32.8 Å². The molecule has 0 aliphatic carbocycles. The molecular formula is C14H23NO. The molecule has 1 aromatic carbocycles. The summed E-state index contributed by atoms with van der Waals surface area (Å²) >= 11 is 0. The van der Waals surface area contributed by atoms with Gasteiger partial charge in [-0.15, -0.1) is 0 Å². The summed E-state index contributed by atoms with van der Waals surface area (Å²) in [5.41, 5.74) is 7.02. The van der Waals surface area contributed by atoms with E-state index in [2.05, 4.69) is 26.0 Å². The normalized spacial score (nSPS) is 14.5. The van der Waals surface area contributed by atoms with Gasteiger partial charge in [-0.2, -0.15) is 0 Å². The van der Waals surface area contributed by atoms with Crippen molar-refractivity contribution in [3.05, 3.63) is 29.8 Å². The SMILES string of the molecule is CCC(C)COc1ccc(CC(C)N)cc1. The Bertz CT molecular complexity index is 292. The van der Waals surface area contributed by atoms with E-state index in [0.29, 0.717) is 5.92 Å². The Labute approximate surface area is 98.8 Å². The van der Waals surface area contributed by atoms with Crippen LogP contribution in [0.5, 0.6) is 5.75 Å². The van der Waals surface area contributed by atoms with Gasteiger partial charge in [0.15, 0.2) is 0 Å². The second kappa shape index (κ2) is 6.54. The molecule has 2 unspecified atom stereocenters. The zero-order valence-corrected chi connectivity index (χ0v) is 10.6. The average Bonchev–Trinajstić information content (AvgIpc) is 2.27. The number of benzene rings is 1. The first kappa shape index (κ1) is 13.0. The quantitative estimate of drug-likeness (QED) is 0.801. The zero-order valence-electron chi connectivity index (χ0n) is 10.6. The van der Waals surface area contributed by atoms with E-state index in [4.69, 9.17) is 10.5 Å². The fraction of sp³-hybridized carbons (Fsp3) is 0.571. The highest BCUT2D eigenvalue weighted by Gasteiger charge is 2.01. The van der Waals surface area contributed by atoms with Crippen molar-refractivity contribution in [1.82, 2.24) is 0 Å². The fourth-order valence-corrected chi connectivity index (χ4v) is 1.45. The molecule has 2 nitrogen and oxygen atoms in total. The highest BCUT2D eigenvalue weighted by Crippen LogP contribution is 2.14. The zero-order chi connectivity index (χ0) is 12.0. The van der Waals surface area contributed by atoms with E-state index in [9.17, 15) is 0 Å². The minimum Gasteiger partial charge on any atom is -0.493 e. The first-order valence-corrected chi connectivity index (χ1v) is 6.09. The standard InChI is InChI=1S/C14H23NO/c1-4-11(2)10-16-14-7-5-13(6-8-14)9-12(3)15/h5-8,11-12H,4,9-10,15H2,1-3H3. The molecule has 0 aliphatic heterocycles. The Hall–Kier alpha value is -1.02. The largest absolute Gasteiger partial charge is 0.493 e. The Morgan fingerprint density at radius 1 is 1.19 bits per heavy atom. The van der Waals surface area contributed by atoms with Crippen LogP contribution in [0, 0.1) is 5.92 Å². The first-order valence-electron chi connectivity index (χ1n) is 6.09. The molecule has 0 amide bonds. The van der Waals surface area contributed by atoms with Crippen molar-refractivity contribution in [2.24, 2.45) is 11.7 Å². The van der Waals surface area contributed by atoms with E-state index in [1.807, 2.05) is 19.1 Å². The molecule has 0 bridgehead atoms. The van der Waals surface area contributed by atoms with Crippen LogP contribution in [0.25, 0.3) is 0 Å². The fourth-order valence-electron chi connectivity index (χ4n) is 1.45. The Morgan fingerprint density at radius 3 is 2.31 bits per heavy atom. The van der Waals surface area contributed by atoms with E-state index in [1.54, 1.807) is 0 Å². The van der Waals surface area contributed by atoms with Gasteiger partial charge in [0, 0.05) is 6.04 Å². The Kier molecular flexibility index (Phi) is 5.33. The lowest BCUT2D eigenvalue weighted by molar-refractivity contribution is 0.256. The molecule has 0 fully saturated rings. The molecule has 16 heavy (non-hydrogen) atoms. The topological polar surface area (TPSA) is 35.2 Å². The maximum Gasteiger partial charge on any atom is 0.119 e. The van der Waals surface area contributed by atoms with Gasteiger partial charge in [0.25, 0.3) is 0 Å². The predicted molar refractivity (Wildman–Crippen MR) is 68.7 cm³/mol. The number of ether oxygens (including phenoxy) is 1. The minimum absolute atomic E-state index is 0.215. The molecule has 0 saturated heterocycles. The molecule has 0 spiro atoms. The van der Waals surface area contributed by atoms with Crippen LogP contribution in [0.2, 0.25) is 0 Å². The van der Waals surface area contributed by atoms with Gasteiger partial charge in [0.05, 0.1) is 6.61 Å². The average molecular weight is 221 g/mol. The smallest absolute Gasteiger partial charge is 0.119 e. The van der Waals surface area contributed by atoms with Crippen LogP contribution in [-0.2, 0) is 6.42 Å². The molecule has 2 N–H and O–H groups in total. The third kappa shape index (κ3) is 4.67. The number of nitrogens with two attached hydrogens (primary N) is 1. The molecule has 0 heterocycles. The lowest BCUT2D eigenvalue weighted by atomic mass is 10.1. The summed E-state index contributed by atoms with van der Waals surface area (Å²) < 4.78 is 5.69. The molecule has 0 aromatic heterocycles. The van der Waals surface area contributed by atoms with E-state index < -0.39 is 0 Å². The summed E-state index contributed by atoms with van der Waals surface area (Å²) in [6.07, 6.45) is 2.08. The van der Waals surface area contributed by atoms with Gasteiger partial charge in [-0.25, -0.2) is 0 Å². The summed E-state index contributed by atoms with van der Waals surface area (Å²) in [6.45, 7) is 7.20. The summed E-state index contributed by atoms with van der Waals surface area (Å²) in [5.74, 6) is 1.57. The Morgan fingerprint density at radius 2 is 1.81 bits per heavy atom. The predicted octanol–water partition coefficient (Wildman–Crippen LogP) is 3.00. The lowest BCUT2D eigenvalue weighted by Crippen LogP contribution is -2.17. The van der Waals surface area contributed by atoms with Gasteiger partial charge in [0.2, 0.25) is 0 Å². The van der Waals surface area contributed by atoms with Crippen LogP contribution in [0.15, 0.2) is 24.3 Å². The van der Waals surface area contributed by atoms with E-state index in [-0.39, 0.29) is 6.04 Å². The van der Waals surface area contributed by atoms with E-state index in [1.165, 1.54) is 5.56 Å². The van der Waals surface area contributed by atoms with Crippen molar-refractivity contribution in [2.45, 2.75) is 39.7 Å². The van der Waals surface area contributed by atoms with Crippen molar-refractivity contribution < 1.29 is 4.74 Å². The molecule has 90 valence electrons. The highest BCUT2D eigenvalue weighted by molar-refractivity contribution is 5.27. The van der Waals surface area contributed by atoms with Crippen molar-refractivity contribution >= 4 is 0 Å². The monoisotopic (exact) mass is 221 g/mol. The molecule has 0 saturated carbocycles. The number of hydrogen-bond acceptors (Lipinski definition) is 2. The van der Waals surface area contributed by atoms with Crippen molar-refractivity contribution in [3.8, 4) is 5.75 Å². The van der Waals surface area contributed by atoms with Gasteiger partial charge in [-0.3, -0.25) is 0 Å². The molecule has 1 rings (SSSR count). The second-order valence-corrected chi connectivity index (χ2v) is 4.65.